The lowest BCUT2D eigenvalue weighted by Crippen LogP contribution is -2.60. The fourth-order valence-electron chi connectivity index (χ4n) is 6.71. The molecule has 1 spiro atoms. The summed E-state index contributed by atoms with van der Waals surface area (Å²) < 4.78 is 12.1. The molecular weight excluding hydrogens is 472 g/mol. The first-order chi connectivity index (χ1) is 17.5. The second-order valence-electron chi connectivity index (χ2n) is 11.9. The smallest absolute Gasteiger partial charge is 0.312 e. The van der Waals surface area contributed by atoms with Crippen LogP contribution in [0.15, 0.2) is 23.8 Å². The number of ether oxygens (including phenoxy) is 2. The maximum atomic E-state index is 13.2. The van der Waals surface area contributed by atoms with Crippen LogP contribution >= 0.6 is 0 Å². The zero-order valence-electron chi connectivity index (χ0n) is 23.2. The number of carbonyl (C=O) groups excluding carboxylic acids is 3. The van der Waals surface area contributed by atoms with E-state index in [0.717, 1.165) is 38.5 Å². The Bertz CT molecular complexity index is 910. The number of allylic oxidation sites excluding steroid dienone is 1. The Labute approximate surface area is 221 Å². The zero-order valence-corrected chi connectivity index (χ0v) is 23.2. The van der Waals surface area contributed by atoms with Crippen molar-refractivity contribution in [2.75, 3.05) is 6.61 Å². The topological polar surface area (TPSA) is 113 Å². The van der Waals surface area contributed by atoms with E-state index in [1.54, 1.807) is 13.8 Å². The summed E-state index contributed by atoms with van der Waals surface area (Å²) in [6.07, 6.45) is 7.27. The molecule has 7 nitrogen and oxygen atoms in total. The van der Waals surface area contributed by atoms with Crippen molar-refractivity contribution in [3.8, 4) is 0 Å². The van der Waals surface area contributed by atoms with Crippen molar-refractivity contribution in [1.29, 1.82) is 0 Å². The Balaban J connectivity index is 1.69. The average Bonchev–Trinajstić information content (AvgIpc) is 3.65. The van der Waals surface area contributed by atoms with E-state index >= 15 is 0 Å². The molecule has 1 aliphatic heterocycles. The molecule has 0 aromatic rings. The predicted octanol–water partition coefficient (Wildman–Crippen LogP) is 4.34. The number of aldehydes is 1. The number of ketones is 1. The minimum absolute atomic E-state index is 0.000645. The van der Waals surface area contributed by atoms with Crippen LogP contribution in [0.4, 0.5) is 0 Å². The first-order valence-corrected chi connectivity index (χ1v) is 14.0. The van der Waals surface area contributed by atoms with Crippen molar-refractivity contribution in [3.63, 3.8) is 0 Å². The Morgan fingerprint density at radius 1 is 1.30 bits per heavy atom. The third kappa shape index (κ3) is 5.50. The Morgan fingerprint density at radius 3 is 2.62 bits per heavy atom. The fourth-order valence-corrected chi connectivity index (χ4v) is 6.71. The van der Waals surface area contributed by atoms with Crippen LogP contribution in [0.3, 0.4) is 0 Å². The van der Waals surface area contributed by atoms with Gasteiger partial charge in [0.2, 0.25) is 0 Å². The highest BCUT2D eigenvalue weighted by molar-refractivity contribution is 5.97. The summed E-state index contributed by atoms with van der Waals surface area (Å²) >= 11 is 0. The monoisotopic (exact) mass is 518 g/mol. The van der Waals surface area contributed by atoms with Crippen LogP contribution in [0.1, 0.15) is 86.0 Å². The molecule has 3 fully saturated rings. The van der Waals surface area contributed by atoms with Crippen LogP contribution in [0.5, 0.6) is 0 Å². The van der Waals surface area contributed by atoms with Gasteiger partial charge in [0.05, 0.1) is 12.0 Å². The van der Waals surface area contributed by atoms with Crippen molar-refractivity contribution >= 4 is 18.0 Å². The van der Waals surface area contributed by atoms with Gasteiger partial charge in [-0.2, -0.15) is 0 Å². The molecule has 0 bridgehead atoms. The van der Waals surface area contributed by atoms with Crippen LogP contribution in [-0.2, 0) is 23.9 Å². The molecule has 9 atom stereocenters. The van der Waals surface area contributed by atoms with Gasteiger partial charge in [-0.05, 0) is 56.6 Å². The molecule has 0 aromatic carbocycles. The Kier molecular flexibility index (Phi) is 9.57. The second kappa shape index (κ2) is 11.9. The quantitative estimate of drug-likeness (QED) is 0.0931. The van der Waals surface area contributed by atoms with Gasteiger partial charge in [-0.25, -0.2) is 0 Å². The van der Waals surface area contributed by atoms with E-state index in [1.807, 2.05) is 6.08 Å². The first kappa shape index (κ1) is 29.7. The second-order valence-corrected chi connectivity index (χ2v) is 11.9. The number of hydrogen-bond acceptors (Lipinski definition) is 7. The minimum Gasteiger partial charge on any atom is -0.459 e. The maximum absolute atomic E-state index is 13.2. The molecule has 0 amide bonds. The van der Waals surface area contributed by atoms with E-state index in [1.165, 1.54) is 0 Å². The van der Waals surface area contributed by atoms with E-state index in [0.29, 0.717) is 24.7 Å². The van der Waals surface area contributed by atoms with Gasteiger partial charge in [-0.3, -0.25) is 14.4 Å². The molecule has 208 valence electrons. The molecule has 1 heterocycles. The van der Waals surface area contributed by atoms with Gasteiger partial charge >= 0.3 is 5.97 Å². The molecule has 1 saturated heterocycles. The largest absolute Gasteiger partial charge is 0.459 e. The summed E-state index contributed by atoms with van der Waals surface area (Å²) in [4.78, 5) is 37.7. The lowest BCUT2D eigenvalue weighted by Gasteiger charge is -2.51. The normalized spacial score (nSPS) is 35.5. The van der Waals surface area contributed by atoms with Crippen LogP contribution in [0.2, 0.25) is 0 Å². The van der Waals surface area contributed by atoms with Gasteiger partial charge in [-0.1, -0.05) is 59.1 Å². The molecular formula is C30H46O7. The number of carbonyl (C=O) groups is 3. The van der Waals surface area contributed by atoms with Crippen molar-refractivity contribution in [3.05, 3.63) is 23.8 Å². The van der Waals surface area contributed by atoms with Gasteiger partial charge in [0, 0.05) is 23.9 Å². The molecule has 9 unspecified atom stereocenters. The minimum atomic E-state index is -1.03. The first-order valence-electron chi connectivity index (χ1n) is 14.0. The van der Waals surface area contributed by atoms with E-state index in [-0.39, 0.29) is 29.8 Å². The molecule has 2 aliphatic carbocycles. The van der Waals surface area contributed by atoms with E-state index in [2.05, 4.69) is 27.4 Å². The van der Waals surface area contributed by atoms with Gasteiger partial charge < -0.3 is 19.7 Å². The highest BCUT2D eigenvalue weighted by Crippen LogP contribution is 2.67. The van der Waals surface area contributed by atoms with Crippen LogP contribution < -0.4 is 0 Å². The third-order valence-corrected chi connectivity index (χ3v) is 9.53. The summed E-state index contributed by atoms with van der Waals surface area (Å²) in [7, 11) is 0. The highest BCUT2D eigenvalue weighted by atomic mass is 16.7. The molecule has 2 N–H and O–H groups in total. The zero-order chi connectivity index (χ0) is 27.5. The van der Waals surface area contributed by atoms with Gasteiger partial charge in [-0.15, -0.1) is 0 Å². The molecule has 3 rings (SSSR count). The van der Waals surface area contributed by atoms with Gasteiger partial charge in [0.15, 0.2) is 11.9 Å². The number of esters is 1. The molecule has 0 aromatic heterocycles. The number of Topliss-reactive ketones (excluding diaryl/α,β-unsaturated/α-hetero) is 1. The number of aliphatic hydroxyl groups is 2. The number of unbranched alkanes of at least 4 members (excludes halogenated alkanes) is 3. The van der Waals surface area contributed by atoms with E-state index < -0.39 is 47.1 Å². The molecule has 7 heteroatoms. The van der Waals surface area contributed by atoms with Crippen molar-refractivity contribution in [1.82, 2.24) is 0 Å². The number of hydrogen-bond donors (Lipinski definition) is 2. The molecule has 37 heavy (non-hydrogen) atoms. The summed E-state index contributed by atoms with van der Waals surface area (Å²) in [5, 5.41) is 20.7. The van der Waals surface area contributed by atoms with E-state index in [4.69, 9.17) is 9.47 Å². The molecule has 3 aliphatic rings. The number of epoxide rings is 1. The van der Waals surface area contributed by atoms with Gasteiger partial charge in [0.25, 0.3) is 0 Å². The van der Waals surface area contributed by atoms with E-state index in [9.17, 15) is 24.6 Å². The summed E-state index contributed by atoms with van der Waals surface area (Å²) in [5.41, 5.74) is -0.433. The van der Waals surface area contributed by atoms with Crippen molar-refractivity contribution in [2.24, 2.45) is 29.1 Å². The standard InChI is InChI=1S/C30H46O7/c1-7-8-9-10-11-22(17-32)14-18(2)25(33)21(5)28(35)36-24-13-12-20(4)29(6)15-23(19(3)16-31)26(34)27-30(24,29)37-27/h14,16,20-25,27,32-33H,3,7-13,15,17H2,1-2,4-6H3. The van der Waals surface area contributed by atoms with Crippen molar-refractivity contribution in [2.45, 2.75) is 110 Å². The number of aliphatic hydroxyl groups excluding tert-OH is 2. The van der Waals surface area contributed by atoms with Crippen LogP contribution in [-0.4, -0.2) is 58.8 Å². The lowest BCUT2D eigenvalue weighted by molar-refractivity contribution is -0.173. The average molecular weight is 519 g/mol. The van der Waals surface area contributed by atoms with Crippen LogP contribution in [0.25, 0.3) is 0 Å². The SMILES string of the molecule is C=C(C=O)C1CC2(C)C(C)CCC(OC(=O)C(C)C(O)C(C)=CC(CO)CCCCCC)C23OC3C1=O. The Morgan fingerprint density at radius 2 is 2.00 bits per heavy atom. The lowest BCUT2D eigenvalue weighted by atomic mass is 9.52. The molecule has 2 saturated carbocycles. The van der Waals surface area contributed by atoms with Crippen LogP contribution in [0, 0.1) is 29.1 Å². The highest BCUT2D eigenvalue weighted by Gasteiger charge is 2.80. The summed E-state index contributed by atoms with van der Waals surface area (Å²) in [6, 6.07) is 0. The number of rotatable bonds is 13. The van der Waals surface area contributed by atoms with Crippen molar-refractivity contribution < 1.29 is 34.1 Å². The third-order valence-electron chi connectivity index (χ3n) is 9.53. The predicted molar refractivity (Wildman–Crippen MR) is 141 cm³/mol. The van der Waals surface area contributed by atoms with Gasteiger partial charge in [0.1, 0.15) is 18.0 Å². The Hall–Kier alpha value is -1.83. The maximum Gasteiger partial charge on any atom is 0.312 e. The summed E-state index contributed by atoms with van der Waals surface area (Å²) in [6.45, 7) is 13.6. The fraction of sp³-hybridized carbons (Fsp3) is 0.767. The summed E-state index contributed by atoms with van der Waals surface area (Å²) in [5.74, 6) is -1.92. The molecule has 0 radical (unpaired) electrons.